The topological polar surface area (TPSA) is 167 Å². The molecule has 17 heteroatoms. The standard InChI is InChI=1S/C28H30BrFN14O/c1-41-13-16(8-34-41)18-11-37-44-27(18)38-23(15-3-2-4-32-7-15)22(30)28(44)40-42-14-17(9-35-42)19-10-36-43-25(31)21(29)24(39-26(19)43)20-12-33-5-6-45-20/h8-11,13-15,20,32-33,40H,2-7,12,31H2,1H3. The predicted octanol–water partition coefficient (Wildman–Crippen LogP) is 2.52. The summed E-state index contributed by atoms with van der Waals surface area (Å²) in [6.07, 6.45) is 11.9. The Balaban J connectivity index is 1.19. The molecule has 0 radical (unpaired) electrons. The Morgan fingerprint density at radius 1 is 0.933 bits per heavy atom. The first-order valence-corrected chi connectivity index (χ1v) is 15.5. The van der Waals surface area contributed by atoms with Crippen molar-refractivity contribution in [1.29, 1.82) is 0 Å². The molecule has 232 valence electrons. The van der Waals surface area contributed by atoms with Crippen LogP contribution in [-0.2, 0) is 11.8 Å². The minimum absolute atomic E-state index is 0.0821. The van der Waals surface area contributed by atoms with Crippen molar-refractivity contribution in [2.24, 2.45) is 7.05 Å². The van der Waals surface area contributed by atoms with Crippen molar-refractivity contribution in [2.75, 3.05) is 43.9 Å². The molecule has 2 aliphatic heterocycles. The van der Waals surface area contributed by atoms with E-state index in [1.807, 2.05) is 13.2 Å². The smallest absolute Gasteiger partial charge is 0.189 e. The summed E-state index contributed by atoms with van der Waals surface area (Å²) in [4.78, 5) is 11.2. The van der Waals surface area contributed by atoms with Crippen LogP contribution in [0.2, 0.25) is 0 Å². The zero-order valence-corrected chi connectivity index (χ0v) is 25.9. The lowest BCUT2D eigenvalue weighted by Gasteiger charge is -2.24. The van der Waals surface area contributed by atoms with E-state index in [-0.39, 0.29) is 17.8 Å². The zero-order valence-electron chi connectivity index (χ0n) is 24.3. The van der Waals surface area contributed by atoms with Gasteiger partial charge in [0.2, 0.25) is 0 Å². The van der Waals surface area contributed by atoms with E-state index in [1.54, 1.807) is 40.2 Å². The molecule has 2 aliphatic rings. The maximum absolute atomic E-state index is 16.4. The molecule has 0 amide bonds. The number of nitrogen functional groups attached to an aromatic ring is 1. The summed E-state index contributed by atoms with van der Waals surface area (Å²) >= 11 is 3.58. The summed E-state index contributed by atoms with van der Waals surface area (Å²) in [5, 5.41) is 24.5. The van der Waals surface area contributed by atoms with Crippen LogP contribution in [0.15, 0.2) is 41.7 Å². The normalized spacial score (nSPS) is 19.1. The Kier molecular flexibility index (Phi) is 6.96. The molecule has 8 heterocycles. The van der Waals surface area contributed by atoms with E-state index < -0.39 is 5.82 Å². The van der Waals surface area contributed by atoms with E-state index >= 15 is 4.39 Å². The molecule has 6 aromatic heterocycles. The SMILES string of the molecule is Cn1cc(-c2cnn3c(Nn4cc(-c5cnn6c(N)c(Br)c(C7CNCCO7)nc56)cn4)c(F)c(C4CCCNC4)nc23)cn1. The summed E-state index contributed by atoms with van der Waals surface area (Å²) < 4.78 is 27.7. The average Bonchev–Trinajstić information content (AvgIpc) is 3.87. The quantitative estimate of drug-likeness (QED) is 0.205. The number of halogens is 2. The zero-order chi connectivity index (χ0) is 30.7. The molecular weight excluding hydrogens is 647 g/mol. The van der Waals surface area contributed by atoms with Gasteiger partial charge in [0.15, 0.2) is 22.9 Å². The van der Waals surface area contributed by atoms with E-state index in [2.05, 4.69) is 52.4 Å². The van der Waals surface area contributed by atoms with Gasteiger partial charge in [-0.2, -0.15) is 34.2 Å². The van der Waals surface area contributed by atoms with Crippen LogP contribution in [0.5, 0.6) is 0 Å². The van der Waals surface area contributed by atoms with Crippen LogP contribution in [-0.4, -0.2) is 81.7 Å². The number of nitrogens with two attached hydrogens (primary N) is 1. The predicted molar refractivity (Wildman–Crippen MR) is 167 cm³/mol. The van der Waals surface area contributed by atoms with Gasteiger partial charge in [0.05, 0.1) is 53.5 Å². The van der Waals surface area contributed by atoms with Gasteiger partial charge < -0.3 is 21.1 Å². The number of fused-ring (bicyclic) bond motifs is 2. The number of ether oxygens (including phenoxy) is 1. The summed E-state index contributed by atoms with van der Waals surface area (Å²) in [6, 6.07) is 0. The van der Waals surface area contributed by atoms with Gasteiger partial charge in [-0.1, -0.05) is 0 Å². The second-order valence-electron chi connectivity index (χ2n) is 11.2. The lowest BCUT2D eigenvalue weighted by atomic mass is 9.95. The summed E-state index contributed by atoms with van der Waals surface area (Å²) in [5.74, 6) is -0.0211. The van der Waals surface area contributed by atoms with Gasteiger partial charge in [-0.25, -0.2) is 14.4 Å². The fourth-order valence-corrected chi connectivity index (χ4v) is 6.52. The van der Waals surface area contributed by atoms with Crippen molar-refractivity contribution in [1.82, 2.24) is 59.5 Å². The van der Waals surface area contributed by atoms with Crippen LogP contribution in [0.1, 0.15) is 36.3 Å². The second kappa shape index (κ2) is 11.2. The van der Waals surface area contributed by atoms with Gasteiger partial charge in [-0.3, -0.25) is 10.1 Å². The first kappa shape index (κ1) is 28.1. The molecular formula is C28H30BrFN14O. The lowest BCUT2D eigenvalue weighted by Crippen LogP contribution is -2.34. The van der Waals surface area contributed by atoms with Crippen LogP contribution < -0.4 is 21.8 Å². The van der Waals surface area contributed by atoms with Gasteiger partial charge >= 0.3 is 0 Å². The number of aryl methyl sites for hydroxylation is 1. The average molecular weight is 678 g/mol. The molecule has 15 nitrogen and oxygen atoms in total. The van der Waals surface area contributed by atoms with Crippen LogP contribution in [0.4, 0.5) is 16.0 Å². The number of piperidine rings is 1. The van der Waals surface area contributed by atoms with Crippen molar-refractivity contribution < 1.29 is 9.13 Å². The number of hydrogen-bond donors (Lipinski definition) is 4. The maximum atomic E-state index is 16.4. The number of nitrogens with one attached hydrogen (secondary N) is 3. The minimum Gasteiger partial charge on any atom is -0.383 e. The Bertz CT molecular complexity index is 2030. The van der Waals surface area contributed by atoms with Gasteiger partial charge in [0.1, 0.15) is 11.9 Å². The Hall–Kier alpha value is -4.45. The number of aromatic nitrogens is 10. The molecule has 0 aromatic carbocycles. The maximum Gasteiger partial charge on any atom is 0.189 e. The Morgan fingerprint density at radius 3 is 2.40 bits per heavy atom. The molecule has 0 saturated carbocycles. The molecule has 45 heavy (non-hydrogen) atoms. The molecule has 2 unspecified atom stereocenters. The molecule has 0 spiro atoms. The van der Waals surface area contributed by atoms with Crippen LogP contribution >= 0.6 is 15.9 Å². The molecule has 0 aliphatic carbocycles. The van der Waals surface area contributed by atoms with Gasteiger partial charge in [0, 0.05) is 61.1 Å². The second-order valence-corrected chi connectivity index (χ2v) is 12.0. The largest absolute Gasteiger partial charge is 0.383 e. The summed E-state index contributed by atoms with van der Waals surface area (Å²) in [5.41, 5.74) is 14.7. The van der Waals surface area contributed by atoms with Crippen LogP contribution in [0.3, 0.4) is 0 Å². The minimum atomic E-state index is -0.477. The summed E-state index contributed by atoms with van der Waals surface area (Å²) in [7, 11) is 1.85. The Morgan fingerprint density at radius 2 is 1.67 bits per heavy atom. The van der Waals surface area contributed by atoms with E-state index in [0.717, 1.165) is 37.1 Å². The molecule has 2 fully saturated rings. The number of anilines is 2. The van der Waals surface area contributed by atoms with Crippen molar-refractivity contribution in [3.63, 3.8) is 0 Å². The fourth-order valence-electron chi connectivity index (χ4n) is 6.01. The third-order valence-corrected chi connectivity index (χ3v) is 9.12. The van der Waals surface area contributed by atoms with Crippen molar-refractivity contribution in [3.05, 3.63) is 58.9 Å². The van der Waals surface area contributed by atoms with Crippen molar-refractivity contribution in [2.45, 2.75) is 24.9 Å². The highest BCUT2D eigenvalue weighted by molar-refractivity contribution is 9.10. The highest BCUT2D eigenvalue weighted by atomic mass is 79.9. The van der Waals surface area contributed by atoms with E-state index in [1.165, 1.54) is 9.31 Å². The molecule has 8 rings (SSSR count). The fraction of sp³-hybridized carbons (Fsp3) is 0.357. The number of hydrogen-bond acceptors (Lipinski definition) is 11. The highest BCUT2D eigenvalue weighted by Crippen LogP contribution is 2.35. The van der Waals surface area contributed by atoms with Crippen molar-refractivity contribution in [3.8, 4) is 22.3 Å². The van der Waals surface area contributed by atoms with Crippen molar-refractivity contribution >= 4 is 38.9 Å². The Labute approximate surface area is 264 Å². The lowest BCUT2D eigenvalue weighted by molar-refractivity contribution is 0.0247. The van der Waals surface area contributed by atoms with Crippen LogP contribution in [0, 0.1) is 5.82 Å². The summed E-state index contributed by atoms with van der Waals surface area (Å²) in [6.45, 7) is 3.53. The van der Waals surface area contributed by atoms with Crippen LogP contribution in [0.25, 0.3) is 33.5 Å². The van der Waals surface area contributed by atoms with Gasteiger partial charge in [-0.15, -0.1) is 0 Å². The number of rotatable bonds is 6. The van der Waals surface area contributed by atoms with E-state index in [9.17, 15) is 0 Å². The molecule has 2 atom stereocenters. The first-order valence-electron chi connectivity index (χ1n) is 14.7. The first-order chi connectivity index (χ1) is 22.0. The molecule has 0 bridgehead atoms. The highest BCUT2D eigenvalue weighted by Gasteiger charge is 2.28. The van der Waals surface area contributed by atoms with Gasteiger partial charge in [0.25, 0.3) is 0 Å². The van der Waals surface area contributed by atoms with E-state index in [4.69, 9.17) is 20.4 Å². The number of nitrogens with zero attached hydrogens (tertiary/aromatic N) is 10. The molecule has 6 aromatic rings. The van der Waals surface area contributed by atoms with E-state index in [0.29, 0.717) is 63.8 Å². The number of morpholine rings is 1. The third kappa shape index (κ3) is 4.82. The molecule has 5 N–H and O–H groups in total. The monoisotopic (exact) mass is 676 g/mol. The van der Waals surface area contributed by atoms with Gasteiger partial charge in [-0.05, 0) is 35.3 Å². The third-order valence-electron chi connectivity index (χ3n) is 8.31. The molecule has 2 saturated heterocycles.